The summed E-state index contributed by atoms with van der Waals surface area (Å²) in [7, 11) is 1.69. The molecule has 4 heteroatoms. The molecule has 1 fully saturated rings. The average Bonchev–Trinajstić information content (AvgIpc) is 2.70. The molecular formula is C16H23N3O. The minimum Gasteiger partial charge on any atom is -0.497 e. The van der Waals surface area contributed by atoms with Crippen LogP contribution in [0.5, 0.6) is 5.75 Å². The molecule has 0 saturated heterocycles. The molecule has 108 valence electrons. The van der Waals surface area contributed by atoms with E-state index in [1.54, 1.807) is 7.11 Å². The van der Waals surface area contributed by atoms with Crippen molar-refractivity contribution in [1.29, 1.82) is 0 Å². The molecule has 1 aromatic carbocycles. The van der Waals surface area contributed by atoms with E-state index in [0.29, 0.717) is 5.96 Å². The van der Waals surface area contributed by atoms with Gasteiger partial charge in [0.25, 0.3) is 0 Å². The SMILES string of the molecule is COc1cccc(N2C(N)=NCC2(C)CC2CCC2)c1. The van der Waals surface area contributed by atoms with Crippen LogP contribution in [0.25, 0.3) is 0 Å². The molecule has 1 aromatic rings. The van der Waals surface area contributed by atoms with Gasteiger partial charge in [0.1, 0.15) is 5.75 Å². The summed E-state index contributed by atoms with van der Waals surface area (Å²) in [5.74, 6) is 2.31. The molecule has 0 amide bonds. The second-order valence-corrected chi connectivity index (χ2v) is 6.21. The lowest BCUT2D eigenvalue weighted by atomic mass is 9.76. The Balaban J connectivity index is 1.88. The monoisotopic (exact) mass is 273 g/mol. The summed E-state index contributed by atoms with van der Waals surface area (Å²) in [5.41, 5.74) is 7.22. The van der Waals surface area contributed by atoms with E-state index in [4.69, 9.17) is 10.5 Å². The van der Waals surface area contributed by atoms with Crippen molar-refractivity contribution < 1.29 is 4.74 Å². The maximum Gasteiger partial charge on any atom is 0.196 e. The molecule has 0 spiro atoms. The summed E-state index contributed by atoms with van der Waals surface area (Å²) >= 11 is 0. The second kappa shape index (κ2) is 5.00. The molecule has 2 aliphatic rings. The van der Waals surface area contributed by atoms with Crippen molar-refractivity contribution in [1.82, 2.24) is 0 Å². The van der Waals surface area contributed by atoms with Crippen molar-refractivity contribution in [3.05, 3.63) is 24.3 Å². The second-order valence-electron chi connectivity index (χ2n) is 6.21. The van der Waals surface area contributed by atoms with Gasteiger partial charge < -0.3 is 15.4 Å². The molecule has 4 nitrogen and oxygen atoms in total. The van der Waals surface area contributed by atoms with Crippen molar-refractivity contribution in [3.63, 3.8) is 0 Å². The largest absolute Gasteiger partial charge is 0.497 e. The Morgan fingerprint density at radius 3 is 2.90 bits per heavy atom. The maximum absolute atomic E-state index is 6.15. The number of hydrogen-bond acceptors (Lipinski definition) is 4. The summed E-state index contributed by atoms with van der Waals surface area (Å²) in [4.78, 5) is 6.68. The highest BCUT2D eigenvalue weighted by Gasteiger charge is 2.41. The number of anilines is 1. The van der Waals surface area contributed by atoms with Gasteiger partial charge in [0, 0.05) is 11.8 Å². The number of rotatable bonds is 4. The average molecular weight is 273 g/mol. The fraction of sp³-hybridized carbons (Fsp3) is 0.562. The molecule has 0 bridgehead atoms. The zero-order valence-corrected chi connectivity index (χ0v) is 12.3. The van der Waals surface area contributed by atoms with E-state index in [1.165, 1.54) is 19.3 Å². The molecule has 1 aliphatic carbocycles. The van der Waals surface area contributed by atoms with Gasteiger partial charge in [0.2, 0.25) is 0 Å². The van der Waals surface area contributed by atoms with Gasteiger partial charge in [-0.2, -0.15) is 0 Å². The Labute approximate surface area is 120 Å². The first-order valence-electron chi connectivity index (χ1n) is 7.36. The molecule has 1 atom stereocenters. The van der Waals surface area contributed by atoms with E-state index in [1.807, 2.05) is 18.2 Å². The fourth-order valence-corrected chi connectivity index (χ4v) is 3.34. The van der Waals surface area contributed by atoms with Crippen LogP contribution in [0.2, 0.25) is 0 Å². The third-order valence-electron chi connectivity index (χ3n) is 4.62. The predicted molar refractivity (Wildman–Crippen MR) is 82.3 cm³/mol. The number of aliphatic imine (C=N–C) groups is 1. The molecule has 1 heterocycles. The summed E-state index contributed by atoms with van der Waals surface area (Å²) in [6.07, 6.45) is 5.23. The van der Waals surface area contributed by atoms with Crippen LogP contribution in [0.15, 0.2) is 29.3 Å². The van der Waals surface area contributed by atoms with Gasteiger partial charge in [0.15, 0.2) is 5.96 Å². The van der Waals surface area contributed by atoms with E-state index < -0.39 is 0 Å². The molecule has 1 aliphatic heterocycles. The third kappa shape index (κ3) is 2.23. The van der Waals surface area contributed by atoms with Crippen LogP contribution < -0.4 is 15.4 Å². The summed E-state index contributed by atoms with van der Waals surface area (Å²) < 4.78 is 5.32. The topological polar surface area (TPSA) is 50.9 Å². The molecule has 3 rings (SSSR count). The van der Waals surface area contributed by atoms with Crippen LogP contribution in [-0.4, -0.2) is 25.2 Å². The Morgan fingerprint density at radius 1 is 1.45 bits per heavy atom. The van der Waals surface area contributed by atoms with Crippen molar-refractivity contribution in [2.75, 3.05) is 18.6 Å². The lowest BCUT2D eigenvalue weighted by Gasteiger charge is -2.41. The number of guanidine groups is 1. The van der Waals surface area contributed by atoms with Gasteiger partial charge in [-0.1, -0.05) is 25.3 Å². The van der Waals surface area contributed by atoms with Gasteiger partial charge in [0.05, 0.1) is 19.2 Å². The number of nitrogens with two attached hydrogens (primary N) is 1. The molecule has 1 unspecified atom stereocenters. The summed E-state index contributed by atoms with van der Waals surface area (Å²) in [5, 5.41) is 0. The molecule has 0 radical (unpaired) electrons. The summed E-state index contributed by atoms with van der Waals surface area (Å²) in [6, 6.07) is 8.07. The van der Waals surface area contributed by atoms with Gasteiger partial charge in [-0.25, -0.2) is 0 Å². The van der Waals surface area contributed by atoms with Gasteiger partial charge in [-0.05, 0) is 31.4 Å². The lowest BCUT2D eigenvalue weighted by Crippen LogP contribution is -2.51. The molecule has 20 heavy (non-hydrogen) atoms. The molecule has 2 N–H and O–H groups in total. The van der Waals surface area contributed by atoms with E-state index >= 15 is 0 Å². The minimum atomic E-state index is 0.00152. The quantitative estimate of drug-likeness (QED) is 0.917. The van der Waals surface area contributed by atoms with E-state index in [2.05, 4.69) is 22.9 Å². The van der Waals surface area contributed by atoms with Crippen molar-refractivity contribution >= 4 is 11.6 Å². The smallest absolute Gasteiger partial charge is 0.196 e. The third-order valence-corrected chi connectivity index (χ3v) is 4.62. The predicted octanol–water partition coefficient (Wildman–Crippen LogP) is 2.78. The standard InChI is InChI=1S/C16H23N3O/c1-16(10-12-5-3-6-12)11-18-15(17)19(16)13-7-4-8-14(9-13)20-2/h4,7-9,12H,3,5-6,10-11H2,1-2H3,(H2,17,18). The van der Waals surface area contributed by atoms with Gasteiger partial charge in [-0.3, -0.25) is 4.99 Å². The van der Waals surface area contributed by atoms with Crippen LogP contribution in [0, 0.1) is 5.92 Å². The fourth-order valence-electron chi connectivity index (χ4n) is 3.34. The first-order valence-corrected chi connectivity index (χ1v) is 7.36. The van der Waals surface area contributed by atoms with Gasteiger partial charge in [-0.15, -0.1) is 0 Å². The van der Waals surface area contributed by atoms with Gasteiger partial charge >= 0.3 is 0 Å². The van der Waals surface area contributed by atoms with E-state index in [9.17, 15) is 0 Å². The van der Waals surface area contributed by atoms with Crippen molar-refractivity contribution in [2.24, 2.45) is 16.6 Å². The molecular weight excluding hydrogens is 250 g/mol. The Hall–Kier alpha value is -1.71. The summed E-state index contributed by atoms with van der Waals surface area (Å²) in [6.45, 7) is 3.06. The zero-order valence-electron chi connectivity index (χ0n) is 12.3. The number of ether oxygens (including phenoxy) is 1. The normalized spacial score (nSPS) is 26.3. The lowest BCUT2D eigenvalue weighted by molar-refractivity contribution is 0.243. The number of nitrogens with zero attached hydrogens (tertiary/aromatic N) is 2. The van der Waals surface area contributed by atoms with Crippen molar-refractivity contribution in [2.45, 2.75) is 38.1 Å². The molecule has 1 saturated carbocycles. The first-order chi connectivity index (χ1) is 9.62. The number of benzene rings is 1. The molecule has 0 aromatic heterocycles. The van der Waals surface area contributed by atoms with E-state index in [0.717, 1.165) is 30.3 Å². The first kappa shape index (κ1) is 13.3. The van der Waals surface area contributed by atoms with Crippen LogP contribution in [0.3, 0.4) is 0 Å². The highest BCUT2D eigenvalue weighted by molar-refractivity contribution is 5.98. The van der Waals surface area contributed by atoms with Crippen LogP contribution in [-0.2, 0) is 0 Å². The Kier molecular flexibility index (Phi) is 3.32. The van der Waals surface area contributed by atoms with Crippen LogP contribution >= 0.6 is 0 Å². The highest BCUT2D eigenvalue weighted by Crippen LogP contribution is 2.40. The maximum atomic E-state index is 6.15. The number of hydrogen-bond donors (Lipinski definition) is 1. The van der Waals surface area contributed by atoms with E-state index in [-0.39, 0.29) is 5.54 Å². The minimum absolute atomic E-state index is 0.00152. The van der Waals surface area contributed by atoms with Crippen LogP contribution in [0.1, 0.15) is 32.6 Å². The Bertz CT molecular complexity index is 524. The highest BCUT2D eigenvalue weighted by atomic mass is 16.5. The van der Waals surface area contributed by atoms with Crippen molar-refractivity contribution in [3.8, 4) is 5.75 Å². The van der Waals surface area contributed by atoms with Crippen LogP contribution in [0.4, 0.5) is 5.69 Å². The zero-order chi connectivity index (χ0) is 14.2. The number of methoxy groups -OCH3 is 1. The Morgan fingerprint density at radius 2 is 2.25 bits per heavy atom.